The van der Waals surface area contributed by atoms with E-state index in [9.17, 15) is 0 Å². The molecular formula is C13H21N. The van der Waals surface area contributed by atoms with Gasteiger partial charge in [-0.15, -0.1) is 0 Å². The first kappa shape index (κ1) is 8.15. The summed E-state index contributed by atoms with van der Waals surface area (Å²) in [6, 6.07) is 0.450. The SMILES string of the molecule is CC(N)C12CC3CC4CC(C1)C4(C3)C2. The van der Waals surface area contributed by atoms with Crippen LogP contribution < -0.4 is 5.73 Å². The van der Waals surface area contributed by atoms with Gasteiger partial charge >= 0.3 is 0 Å². The normalized spacial score (nSPS) is 65.1. The maximum atomic E-state index is 6.27. The zero-order valence-corrected chi connectivity index (χ0v) is 9.13. The first-order valence-corrected chi connectivity index (χ1v) is 6.40. The molecule has 0 aromatic carbocycles. The van der Waals surface area contributed by atoms with Gasteiger partial charge in [-0.3, -0.25) is 0 Å². The van der Waals surface area contributed by atoms with Crippen LogP contribution in [0, 0.1) is 28.6 Å². The molecule has 4 rings (SSSR count). The van der Waals surface area contributed by atoms with Crippen molar-refractivity contribution in [2.24, 2.45) is 34.3 Å². The molecule has 4 aliphatic carbocycles. The van der Waals surface area contributed by atoms with Gasteiger partial charge in [-0.25, -0.2) is 0 Å². The van der Waals surface area contributed by atoms with Gasteiger partial charge in [0.2, 0.25) is 0 Å². The minimum absolute atomic E-state index is 0.450. The molecule has 0 radical (unpaired) electrons. The van der Waals surface area contributed by atoms with Crippen molar-refractivity contribution in [1.82, 2.24) is 0 Å². The predicted molar refractivity (Wildman–Crippen MR) is 56.7 cm³/mol. The molecule has 6 unspecified atom stereocenters. The minimum atomic E-state index is 0.450. The van der Waals surface area contributed by atoms with Gasteiger partial charge in [-0.1, -0.05) is 0 Å². The van der Waals surface area contributed by atoms with Crippen LogP contribution in [0.1, 0.15) is 45.4 Å². The fourth-order valence-corrected chi connectivity index (χ4v) is 5.96. The fraction of sp³-hybridized carbons (Fsp3) is 1.00. The minimum Gasteiger partial charge on any atom is -0.327 e. The summed E-state index contributed by atoms with van der Waals surface area (Å²) in [5.41, 5.74) is 7.68. The van der Waals surface area contributed by atoms with E-state index in [2.05, 4.69) is 6.92 Å². The van der Waals surface area contributed by atoms with Gasteiger partial charge < -0.3 is 5.73 Å². The molecule has 1 heteroatoms. The third-order valence-corrected chi connectivity index (χ3v) is 6.48. The highest BCUT2D eigenvalue weighted by Gasteiger charge is 2.71. The standard InChI is InChI=1S/C13H21N/c1-8(14)12-4-9-2-10-3-11(6-12)13(10,5-9)7-12/h8-11H,2-7,14H2,1H3. The van der Waals surface area contributed by atoms with Gasteiger partial charge in [-0.2, -0.15) is 0 Å². The molecule has 1 nitrogen and oxygen atoms in total. The number of nitrogens with two attached hydrogens (primary N) is 1. The number of fused-ring (bicyclic) bond motifs is 2. The molecule has 0 aliphatic heterocycles. The lowest BCUT2D eigenvalue weighted by Crippen LogP contribution is -2.43. The quantitative estimate of drug-likeness (QED) is 0.677. The summed E-state index contributed by atoms with van der Waals surface area (Å²) in [4.78, 5) is 0. The third-order valence-electron chi connectivity index (χ3n) is 6.48. The predicted octanol–water partition coefficient (Wildman–Crippen LogP) is 2.55. The summed E-state index contributed by atoms with van der Waals surface area (Å²) in [5, 5.41) is 0. The van der Waals surface area contributed by atoms with Crippen LogP contribution in [0.4, 0.5) is 0 Å². The van der Waals surface area contributed by atoms with Gasteiger partial charge in [-0.05, 0) is 74.0 Å². The van der Waals surface area contributed by atoms with Crippen molar-refractivity contribution in [3.63, 3.8) is 0 Å². The van der Waals surface area contributed by atoms with Crippen LogP contribution in [0.15, 0.2) is 0 Å². The lowest BCUT2D eigenvalue weighted by atomic mass is 9.55. The van der Waals surface area contributed by atoms with Crippen molar-refractivity contribution >= 4 is 0 Å². The van der Waals surface area contributed by atoms with Crippen LogP contribution in [-0.4, -0.2) is 6.04 Å². The van der Waals surface area contributed by atoms with Gasteiger partial charge in [0.25, 0.3) is 0 Å². The molecule has 6 atom stereocenters. The maximum absolute atomic E-state index is 6.27. The second kappa shape index (κ2) is 2.07. The summed E-state index contributed by atoms with van der Waals surface area (Å²) in [7, 11) is 0. The summed E-state index contributed by atoms with van der Waals surface area (Å²) in [6.07, 6.45) is 9.16. The van der Waals surface area contributed by atoms with Gasteiger partial charge in [0, 0.05) is 6.04 Å². The molecule has 14 heavy (non-hydrogen) atoms. The van der Waals surface area contributed by atoms with E-state index in [1.807, 2.05) is 0 Å². The summed E-state index contributed by atoms with van der Waals surface area (Å²) in [5.74, 6) is 3.28. The molecule has 0 saturated heterocycles. The first-order chi connectivity index (χ1) is 6.65. The fourth-order valence-electron chi connectivity index (χ4n) is 5.96. The molecular weight excluding hydrogens is 170 g/mol. The maximum Gasteiger partial charge on any atom is 0.00674 e. The van der Waals surface area contributed by atoms with Crippen LogP contribution >= 0.6 is 0 Å². The topological polar surface area (TPSA) is 26.0 Å². The second-order valence-electron chi connectivity index (χ2n) is 6.90. The molecule has 4 saturated carbocycles. The molecule has 2 N–H and O–H groups in total. The highest BCUT2D eigenvalue weighted by molar-refractivity contribution is 5.21. The van der Waals surface area contributed by atoms with Crippen molar-refractivity contribution in [2.75, 3.05) is 0 Å². The van der Waals surface area contributed by atoms with E-state index in [4.69, 9.17) is 5.73 Å². The third kappa shape index (κ3) is 0.651. The molecule has 3 bridgehead atoms. The van der Waals surface area contributed by atoms with Gasteiger partial charge in [0.15, 0.2) is 0 Å². The van der Waals surface area contributed by atoms with E-state index in [1.165, 1.54) is 19.3 Å². The summed E-state index contributed by atoms with van der Waals surface area (Å²) < 4.78 is 0. The van der Waals surface area contributed by atoms with Crippen molar-refractivity contribution in [3.05, 3.63) is 0 Å². The van der Waals surface area contributed by atoms with E-state index in [1.54, 1.807) is 19.3 Å². The van der Waals surface area contributed by atoms with Crippen LogP contribution in [0.25, 0.3) is 0 Å². The Morgan fingerprint density at radius 2 is 2.00 bits per heavy atom. The lowest BCUT2D eigenvalue weighted by molar-refractivity contribution is -0.00362. The Labute approximate surface area is 86.4 Å². The Morgan fingerprint density at radius 3 is 2.79 bits per heavy atom. The average molecular weight is 191 g/mol. The zero-order valence-electron chi connectivity index (χ0n) is 9.13. The molecule has 0 amide bonds. The average Bonchev–Trinajstić information content (AvgIpc) is 2.42. The summed E-state index contributed by atoms with van der Waals surface area (Å²) in [6.45, 7) is 2.27. The van der Waals surface area contributed by atoms with Crippen LogP contribution in [0.5, 0.6) is 0 Å². The Kier molecular flexibility index (Phi) is 1.20. The largest absolute Gasteiger partial charge is 0.327 e. The van der Waals surface area contributed by atoms with Crippen LogP contribution in [0.2, 0.25) is 0 Å². The molecule has 4 fully saturated rings. The van der Waals surface area contributed by atoms with Crippen LogP contribution in [0.3, 0.4) is 0 Å². The molecule has 0 heterocycles. The zero-order chi connectivity index (χ0) is 9.55. The summed E-state index contributed by atoms with van der Waals surface area (Å²) >= 11 is 0. The molecule has 0 aromatic rings. The number of rotatable bonds is 1. The molecule has 4 aliphatic rings. The molecule has 1 spiro atoms. The van der Waals surface area contributed by atoms with Crippen LogP contribution in [-0.2, 0) is 0 Å². The lowest BCUT2D eigenvalue weighted by Gasteiger charge is -2.49. The van der Waals surface area contributed by atoms with Crippen molar-refractivity contribution in [3.8, 4) is 0 Å². The van der Waals surface area contributed by atoms with Gasteiger partial charge in [0.1, 0.15) is 0 Å². The highest BCUT2D eigenvalue weighted by atomic mass is 14.8. The number of hydrogen-bond acceptors (Lipinski definition) is 1. The van der Waals surface area contributed by atoms with E-state index in [0.717, 1.165) is 23.2 Å². The molecule has 0 aromatic heterocycles. The van der Waals surface area contributed by atoms with E-state index >= 15 is 0 Å². The molecule has 78 valence electrons. The Morgan fingerprint density at radius 1 is 1.14 bits per heavy atom. The van der Waals surface area contributed by atoms with Crippen molar-refractivity contribution in [2.45, 2.75) is 51.5 Å². The van der Waals surface area contributed by atoms with E-state index < -0.39 is 0 Å². The van der Waals surface area contributed by atoms with E-state index in [0.29, 0.717) is 11.5 Å². The smallest absolute Gasteiger partial charge is 0.00674 e. The Bertz CT molecular complexity index is 294. The Hall–Kier alpha value is -0.0400. The van der Waals surface area contributed by atoms with Gasteiger partial charge in [0.05, 0.1) is 0 Å². The Balaban J connectivity index is 1.81. The number of hydrogen-bond donors (Lipinski definition) is 1. The van der Waals surface area contributed by atoms with E-state index in [-0.39, 0.29) is 0 Å². The van der Waals surface area contributed by atoms with Crippen molar-refractivity contribution < 1.29 is 0 Å². The first-order valence-electron chi connectivity index (χ1n) is 6.40. The highest BCUT2D eigenvalue weighted by Crippen LogP contribution is 2.79. The monoisotopic (exact) mass is 191 g/mol. The second-order valence-corrected chi connectivity index (χ2v) is 6.90. The van der Waals surface area contributed by atoms with Crippen molar-refractivity contribution in [1.29, 1.82) is 0 Å².